The van der Waals surface area contributed by atoms with E-state index in [-0.39, 0.29) is 84.3 Å². The standard InChI is InChI=1S/C60H81ClN10O9S/c1-36(62-2)55(73)68-54(39-11-4-3-5-12-39)60(78)70-34-44(32-52(70)59(77)67-50-15-8-13-38-10-6-7-14-47(38)50)65-57(75)41-18-16-40(17-19-41)56(74)63-24-9-25-69-26-22-37(23-27-69)35-81(79,80)71-45-20-21-46(71)31-43(30-45)64-58(76)48-28-42-29-53(72)66-51(42)33-49(48)61/h6-7,10,14,16-19,28,33,36-37,39,43-46,50,52-54,62,66,72H,3-5,8-9,11-13,15,20-27,29-32,34-35H2,1-2H3,(H,63,74)(H,64,76)(H,65,75)(H,67,77)(H,68,73)/t36-,43?,44-,45-,46+,50+,52-,53?,54-/m0/s1. The molecule has 0 aromatic heterocycles. The van der Waals surface area contributed by atoms with E-state index in [0.717, 1.165) is 113 Å². The minimum absolute atomic E-state index is 0.0464. The number of aryl methyl sites for hydroxylation is 1. The number of sulfonamides is 1. The molecule has 6 amide bonds. The summed E-state index contributed by atoms with van der Waals surface area (Å²) in [6.45, 7) is 4.57. The zero-order chi connectivity index (χ0) is 57.0. The summed E-state index contributed by atoms with van der Waals surface area (Å²) in [7, 11) is -1.83. The van der Waals surface area contributed by atoms with Crippen LogP contribution in [-0.2, 0) is 37.2 Å². The Morgan fingerprint density at radius 3 is 2.19 bits per heavy atom. The van der Waals surface area contributed by atoms with Crippen molar-refractivity contribution in [1.29, 1.82) is 0 Å². The van der Waals surface area contributed by atoms with Crippen LogP contribution in [0.15, 0.2) is 60.7 Å². The lowest BCUT2D eigenvalue weighted by molar-refractivity contribution is -0.143. The first-order valence-corrected chi connectivity index (χ1v) is 31.7. The fourth-order valence-electron chi connectivity index (χ4n) is 14.0. The van der Waals surface area contributed by atoms with Crippen molar-refractivity contribution in [2.75, 3.05) is 50.8 Å². The largest absolute Gasteiger partial charge is 0.373 e. The number of fused-ring (bicyclic) bond motifs is 4. The summed E-state index contributed by atoms with van der Waals surface area (Å²) in [5.41, 5.74) is 4.90. The molecule has 3 aromatic rings. The molecule has 81 heavy (non-hydrogen) atoms. The second-order valence-corrected chi connectivity index (χ2v) is 26.2. The van der Waals surface area contributed by atoms with Crippen LogP contribution in [0.1, 0.15) is 157 Å². The topological polar surface area (TPSA) is 251 Å². The van der Waals surface area contributed by atoms with Crippen molar-refractivity contribution in [3.05, 3.63) is 99.1 Å². The number of halogens is 1. The number of hydrogen-bond donors (Lipinski definition) is 8. The Kier molecular flexibility index (Phi) is 18.7. The Hall–Kier alpha value is -5.64. The maximum Gasteiger partial charge on any atom is 0.253 e. The SMILES string of the molecule is CN[C@@H](C)C(=O)N[C@H](C(=O)N1C[C@@H](NC(=O)c2ccc(C(=O)NCCCN3CCC(CS(=O)(=O)N4[C@@H]5CC[C@H]4CC(NC(=O)c4cc6c(cc4Cl)NC(O)C6)C5)CC3)cc2)C[C@H]1C(=O)N[C@@H]1CCCc2ccccc21)C1CCCCC1. The van der Waals surface area contributed by atoms with Gasteiger partial charge in [0, 0.05) is 60.5 Å². The van der Waals surface area contributed by atoms with Gasteiger partial charge >= 0.3 is 0 Å². The molecule has 5 fully saturated rings. The normalized spacial score (nSPS) is 25.9. The zero-order valence-corrected chi connectivity index (χ0v) is 48.3. The molecule has 0 spiro atoms. The smallest absolute Gasteiger partial charge is 0.253 e. The Morgan fingerprint density at radius 1 is 0.778 bits per heavy atom. The van der Waals surface area contributed by atoms with Crippen LogP contribution in [0.3, 0.4) is 0 Å². The lowest BCUT2D eigenvalue weighted by atomic mass is 9.83. The molecule has 438 valence electrons. The lowest BCUT2D eigenvalue weighted by Gasteiger charge is -2.39. The van der Waals surface area contributed by atoms with Crippen LogP contribution < -0.4 is 37.2 Å². The van der Waals surface area contributed by atoms with Crippen LogP contribution in [0.25, 0.3) is 0 Å². The number of amides is 6. The van der Waals surface area contributed by atoms with Crippen LogP contribution in [0.4, 0.5) is 5.69 Å². The summed E-state index contributed by atoms with van der Waals surface area (Å²) in [6.07, 6.45) is 11.9. The summed E-state index contributed by atoms with van der Waals surface area (Å²) in [6, 6.07) is 14.5. The number of likely N-dealkylation sites (tertiary alicyclic amines) is 2. The van der Waals surface area contributed by atoms with E-state index >= 15 is 0 Å². The molecular formula is C60H81ClN10O9S. The van der Waals surface area contributed by atoms with Crippen molar-refractivity contribution >= 4 is 62.8 Å². The van der Waals surface area contributed by atoms with Crippen LogP contribution in [0.5, 0.6) is 0 Å². The molecule has 19 nitrogen and oxygen atoms in total. The number of rotatable bonds is 19. The predicted molar refractivity (Wildman–Crippen MR) is 309 cm³/mol. The molecule has 8 N–H and O–H groups in total. The van der Waals surface area contributed by atoms with Crippen molar-refractivity contribution < 1.29 is 42.3 Å². The minimum Gasteiger partial charge on any atom is -0.373 e. The zero-order valence-electron chi connectivity index (χ0n) is 46.7. The van der Waals surface area contributed by atoms with Crippen molar-refractivity contribution in [3.63, 3.8) is 0 Å². The van der Waals surface area contributed by atoms with E-state index in [1.165, 1.54) is 5.56 Å². The molecule has 10 rings (SSSR count). The van der Waals surface area contributed by atoms with Gasteiger partial charge in [0.2, 0.25) is 27.7 Å². The Balaban J connectivity index is 0.673. The number of aliphatic hydroxyl groups is 1. The summed E-state index contributed by atoms with van der Waals surface area (Å²) in [4.78, 5) is 86.9. The predicted octanol–water partition coefficient (Wildman–Crippen LogP) is 4.78. The molecule has 0 radical (unpaired) electrons. The highest BCUT2D eigenvalue weighted by Crippen LogP contribution is 2.40. The fourth-order valence-corrected chi connectivity index (χ4v) is 16.6. The van der Waals surface area contributed by atoms with Gasteiger partial charge in [0.05, 0.1) is 28.4 Å². The van der Waals surface area contributed by atoms with Gasteiger partial charge in [-0.3, -0.25) is 28.8 Å². The van der Waals surface area contributed by atoms with Crippen LogP contribution in [-0.4, -0.2) is 157 Å². The third-order valence-corrected chi connectivity index (χ3v) is 20.9. The summed E-state index contributed by atoms with van der Waals surface area (Å²) < 4.78 is 29.7. The number of carbonyl (C=O) groups is 6. The molecule has 1 saturated carbocycles. The van der Waals surface area contributed by atoms with E-state index in [1.807, 2.05) is 18.2 Å². The minimum atomic E-state index is -3.52. The third kappa shape index (κ3) is 13.7. The van der Waals surface area contributed by atoms with E-state index in [1.54, 1.807) is 59.6 Å². The van der Waals surface area contributed by atoms with E-state index in [4.69, 9.17) is 11.6 Å². The van der Waals surface area contributed by atoms with Gasteiger partial charge in [-0.25, -0.2) is 8.42 Å². The van der Waals surface area contributed by atoms with Crippen molar-refractivity contribution in [3.8, 4) is 0 Å². The second kappa shape index (κ2) is 25.9. The van der Waals surface area contributed by atoms with Gasteiger partial charge in [0.15, 0.2) is 0 Å². The molecule has 4 saturated heterocycles. The number of anilines is 1. The van der Waals surface area contributed by atoms with E-state index in [9.17, 15) is 42.3 Å². The van der Waals surface area contributed by atoms with Gasteiger partial charge in [-0.05, 0) is 182 Å². The third-order valence-electron chi connectivity index (χ3n) is 18.4. The van der Waals surface area contributed by atoms with E-state index in [2.05, 4.69) is 48.2 Å². The van der Waals surface area contributed by atoms with Gasteiger partial charge in [0.1, 0.15) is 18.3 Å². The van der Waals surface area contributed by atoms with Gasteiger partial charge < -0.3 is 52.1 Å². The highest BCUT2D eigenvalue weighted by Gasteiger charge is 2.48. The number of nitrogens with zero attached hydrogens (tertiary/aromatic N) is 3. The maximum atomic E-state index is 14.8. The maximum absolute atomic E-state index is 14.8. The molecule has 2 bridgehead atoms. The van der Waals surface area contributed by atoms with Gasteiger partial charge in [-0.1, -0.05) is 55.1 Å². The molecule has 7 aliphatic rings. The quantitative estimate of drug-likeness (QED) is 0.0756. The monoisotopic (exact) mass is 1150 g/mol. The Bertz CT molecular complexity index is 2900. The number of hydrogen-bond acceptors (Lipinski definition) is 12. The van der Waals surface area contributed by atoms with Crippen molar-refractivity contribution in [2.24, 2.45) is 11.8 Å². The Labute approximate surface area is 481 Å². The Morgan fingerprint density at radius 2 is 1.47 bits per heavy atom. The van der Waals surface area contributed by atoms with Crippen molar-refractivity contribution in [2.45, 2.75) is 171 Å². The molecule has 2 aliphatic carbocycles. The van der Waals surface area contributed by atoms with Crippen LogP contribution in [0.2, 0.25) is 5.02 Å². The van der Waals surface area contributed by atoms with E-state index in [0.29, 0.717) is 53.9 Å². The highest BCUT2D eigenvalue weighted by molar-refractivity contribution is 7.89. The molecular weight excluding hydrogens is 1070 g/mol. The highest BCUT2D eigenvalue weighted by atomic mass is 35.5. The molecule has 9 atom stereocenters. The molecule has 5 heterocycles. The van der Waals surface area contributed by atoms with Gasteiger partial charge in [0.25, 0.3) is 17.7 Å². The van der Waals surface area contributed by atoms with Gasteiger partial charge in [-0.15, -0.1) is 0 Å². The first-order valence-electron chi connectivity index (χ1n) is 29.7. The van der Waals surface area contributed by atoms with Crippen LogP contribution >= 0.6 is 11.6 Å². The molecule has 3 aromatic carbocycles. The summed E-state index contributed by atoms with van der Waals surface area (Å²) in [5.74, 6) is -1.76. The van der Waals surface area contributed by atoms with Crippen LogP contribution in [0, 0.1) is 11.8 Å². The number of aliphatic hydroxyl groups excluding tert-OH is 1. The summed E-state index contributed by atoms with van der Waals surface area (Å²) >= 11 is 6.46. The van der Waals surface area contributed by atoms with Gasteiger partial charge in [-0.2, -0.15) is 4.31 Å². The second-order valence-electron chi connectivity index (χ2n) is 23.9. The number of piperidine rings is 2. The molecule has 21 heteroatoms. The fraction of sp³-hybridized carbons (Fsp3) is 0.600. The first-order chi connectivity index (χ1) is 39.0. The molecule has 2 unspecified atom stereocenters. The number of likely N-dealkylation sites (N-methyl/N-ethyl adjacent to an activating group) is 1. The number of carbonyl (C=O) groups excluding carboxylic acids is 6. The van der Waals surface area contributed by atoms with E-state index < -0.39 is 46.3 Å². The number of benzene rings is 3. The average molecular weight is 1150 g/mol. The lowest BCUT2D eigenvalue weighted by Crippen LogP contribution is -2.58. The first kappa shape index (κ1) is 58.6. The molecule has 5 aliphatic heterocycles. The number of nitrogens with one attached hydrogen (secondary N) is 7. The van der Waals surface area contributed by atoms with Crippen molar-refractivity contribution in [1.82, 2.24) is 46.0 Å². The summed E-state index contributed by atoms with van der Waals surface area (Å²) in [5, 5.41) is 31.7. The average Bonchev–Trinajstić information content (AvgIpc) is 4.33.